The molecule has 1 aliphatic carbocycles. The van der Waals surface area contributed by atoms with Crippen LogP contribution in [-0.2, 0) is 4.74 Å². The minimum absolute atomic E-state index is 0.142. The van der Waals surface area contributed by atoms with Crippen molar-refractivity contribution in [2.45, 2.75) is 62.3 Å². The molecule has 0 spiro atoms. The van der Waals surface area contributed by atoms with Gasteiger partial charge in [0.1, 0.15) is 5.82 Å². The van der Waals surface area contributed by atoms with Crippen molar-refractivity contribution in [3.05, 3.63) is 35.6 Å². The lowest BCUT2D eigenvalue weighted by Gasteiger charge is -2.39. The van der Waals surface area contributed by atoms with Gasteiger partial charge >= 0.3 is 0 Å². The maximum atomic E-state index is 12.9. The van der Waals surface area contributed by atoms with Gasteiger partial charge in [-0.2, -0.15) is 0 Å². The van der Waals surface area contributed by atoms with Crippen molar-refractivity contribution >= 4 is 0 Å². The maximum Gasteiger partial charge on any atom is 0.123 e. The second-order valence-corrected chi connectivity index (χ2v) is 6.30. The van der Waals surface area contributed by atoms with E-state index in [2.05, 4.69) is 5.32 Å². The highest BCUT2D eigenvalue weighted by atomic mass is 19.1. The fraction of sp³-hybridized carbons (Fsp3) is 0.625. The molecule has 0 radical (unpaired) electrons. The van der Waals surface area contributed by atoms with Crippen LogP contribution >= 0.6 is 0 Å². The normalized spacial score (nSPS) is 40.4. The van der Waals surface area contributed by atoms with Gasteiger partial charge in [0.25, 0.3) is 0 Å². The van der Waals surface area contributed by atoms with Crippen LogP contribution < -0.4 is 5.32 Å². The van der Waals surface area contributed by atoms with Gasteiger partial charge in [-0.15, -0.1) is 0 Å². The lowest BCUT2D eigenvalue weighted by Crippen LogP contribution is -2.49. The van der Waals surface area contributed by atoms with Crippen LogP contribution in [0, 0.1) is 5.82 Å². The average Bonchev–Trinajstić information content (AvgIpc) is 2.97. The molecule has 4 rings (SSSR count). The van der Waals surface area contributed by atoms with Gasteiger partial charge in [-0.25, -0.2) is 4.39 Å². The Bertz CT molecular complexity index is 454. The first kappa shape index (κ1) is 11.9. The van der Waals surface area contributed by atoms with Gasteiger partial charge in [0, 0.05) is 12.1 Å². The molecular weight excluding hydrogens is 241 g/mol. The molecule has 2 bridgehead atoms. The lowest BCUT2D eigenvalue weighted by atomic mass is 9.75. The molecule has 2 nitrogen and oxygen atoms in total. The highest BCUT2D eigenvalue weighted by Gasteiger charge is 2.43. The minimum Gasteiger partial charge on any atom is -0.373 e. The summed E-state index contributed by atoms with van der Waals surface area (Å²) in [5, 5.41) is 3.76. The molecule has 2 aliphatic heterocycles. The number of hydrogen-bond acceptors (Lipinski definition) is 2. The topological polar surface area (TPSA) is 21.3 Å². The first-order valence-corrected chi connectivity index (χ1v) is 7.45. The van der Waals surface area contributed by atoms with E-state index in [9.17, 15) is 4.39 Å². The first-order valence-electron chi connectivity index (χ1n) is 7.45. The number of benzene rings is 1. The Morgan fingerprint density at radius 2 is 1.84 bits per heavy atom. The van der Waals surface area contributed by atoms with Crippen molar-refractivity contribution in [1.29, 1.82) is 0 Å². The Morgan fingerprint density at radius 1 is 1.05 bits per heavy atom. The molecular formula is C16H20FNO. The van der Waals surface area contributed by atoms with Crippen LogP contribution in [-0.4, -0.2) is 24.3 Å². The molecule has 3 heteroatoms. The van der Waals surface area contributed by atoms with Crippen LogP contribution in [0.1, 0.15) is 43.6 Å². The van der Waals surface area contributed by atoms with E-state index in [1.54, 1.807) is 12.1 Å². The number of ether oxygens (including phenoxy) is 1. The molecule has 19 heavy (non-hydrogen) atoms. The molecule has 1 aromatic carbocycles. The third kappa shape index (κ3) is 2.19. The molecule has 3 aliphatic rings. The highest BCUT2D eigenvalue weighted by Crippen LogP contribution is 2.40. The SMILES string of the molecule is Fc1ccc(C2CC(NC3CC4CCC3O4)C2)cc1. The predicted octanol–water partition coefficient (Wildman–Crippen LogP) is 2.98. The van der Waals surface area contributed by atoms with Crippen molar-refractivity contribution in [2.24, 2.45) is 0 Å². The van der Waals surface area contributed by atoms with Crippen molar-refractivity contribution in [1.82, 2.24) is 5.32 Å². The number of halogens is 1. The number of hydrogen-bond donors (Lipinski definition) is 1. The van der Waals surface area contributed by atoms with Gasteiger partial charge in [0.2, 0.25) is 0 Å². The average molecular weight is 261 g/mol. The summed E-state index contributed by atoms with van der Waals surface area (Å²) in [7, 11) is 0. The molecule has 0 aromatic heterocycles. The largest absolute Gasteiger partial charge is 0.373 e. The molecule has 2 heterocycles. The summed E-state index contributed by atoms with van der Waals surface area (Å²) < 4.78 is 18.8. The molecule has 1 saturated carbocycles. The zero-order valence-electron chi connectivity index (χ0n) is 11.0. The van der Waals surface area contributed by atoms with Crippen molar-refractivity contribution in [3.63, 3.8) is 0 Å². The van der Waals surface area contributed by atoms with Crippen LogP contribution in [0.3, 0.4) is 0 Å². The fourth-order valence-electron chi connectivity index (χ4n) is 3.88. The monoisotopic (exact) mass is 261 g/mol. The standard InChI is InChI=1S/C16H20FNO/c17-12-3-1-10(2-4-12)11-7-13(8-11)18-15-9-14-5-6-16(15)19-14/h1-4,11,13-16,18H,5-9H2. The van der Waals surface area contributed by atoms with Gasteiger partial charge in [-0.1, -0.05) is 12.1 Å². The van der Waals surface area contributed by atoms with Gasteiger partial charge < -0.3 is 10.1 Å². The zero-order valence-corrected chi connectivity index (χ0v) is 11.0. The summed E-state index contributed by atoms with van der Waals surface area (Å²) in [5.41, 5.74) is 1.28. The third-order valence-corrected chi connectivity index (χ3v) is 5.04. The van der Waals surface area contributed by atoms with Crippen molar-refractivity contribution in [3.8, 4) is 0 Å². The van der Waals surface area contributed by atoms with Crippen molar-refractivity contribution < 1.29 is 9.13 Å². The zero-order chi connectivity index (χ0) is 12.8. The van der Waals surface area contributed by atoms with Crippen LogP contribution in [0.5, 0.6) is 0 Å². The first-order chi connectivity index (χ1) is 9.28. The number of nitrogens with one attached hydrogen (secondary N) is 1. The van der Waals surface area contributed by atoms with Crippen LogP contribution in [0.4, 0.5) is 4.39 Å². The molecule has 3 fully saturated rings. The van der Waals surface area contributed by atoms with E-state index in [-0.39, 0.29) is 5.82 Å². The van der Waals surface area contributed by atoms with Gasteiger partial charge in [0.05, 0.1) is 12.2 Å². The third-order valence-electron chi connectivity index (χ3n) is 5.04. The lowest BCUT2D eigenvalue weighted by molar-refractivity contribution is 0.0931. The summed E-state index contributed by atoms with van der Waals surface area (Å²) in [5.74, 6) is 0.467. The summed E-state index contributed by atoms with van der Waals surface area (Å²) in [6.45, 7) is 0. The van der Waals surface area contributed by atoms with Crippen LogP contribution in [0.2, 0.25) is 0 Å². The smallest absolute Gasteiger partial charge is 0.123 e. The Kier molecular flexibility index (Phi) is 2.85. The quantitative estimate of drug-likeness (QED) is 0.903. The van der Waals surface area contributed by atoms with E-state index in [0.717, 1.165) is 0 Å². The van der Waals surface area contributed by atoms with E-state index in [4.69, 9.17) is 4.74 Å². The van der Waals surface area contributed by atoms with Crippen LogP contribution in [0.25, 0.3) is 0 Å². The summed E-state index contributed by atoms with van der Waals surface area (Å²) >= 11 is 0. The molecule has 1 aromatic rings. The number of fused-ring (bicyclic) bond motifs is 2. The van der Waals surface area contributed by atoms with Crippen molar-refractivity contribution in [2.75, 3.05) is 0 Å². The fourth-order valence-corrected chi connectivity index (χ4v) is 3.88. The Labute approximate surface area is 113 Å². The van der Waals surface area contributed by atoms with E-state index in [0.29, 0.717) is 30.2 Å². The molecule has 1 N–H and O–H groups in total. The molecule has 0 amide bonds. The Hall–Kier alpha value is -0.930. The van der Waals surface area contributed by atoms with Crippen LogP contribution in [0.15, 0.2) is 24.3 Å². The Morgan fingerprint density at radius 3 is 2.47 bits per heavy atom. The second-order valence-electron chi connectivity index (χ2n) is 6.30. The Balaban J connectivity index is 1.30. The summed E-state index contributed by atoms with van der Waals surface area (Å²) in [4.78, 5) is 0. The number of rotatable bonds is 3. The molecule has 3 atom stereocenters. The van der Waals surface area contributed by atoms with E-state index >= 15 is 0 Å². The van der Waals surface area contributed by atoms with E-state index in [1.165, 1.54) is 37.7 Å². The van der Waals surface area contributed by atoms with Gasteiger partial charge in [-0.3, -0.25) is 0 Å². The highest BCUT2D eigenvalue weighted by molar-refractivity contribution is 5.23. The summed E-state index contributed by atoms with van der Waals surface area (Å²) in [6.07, 6.45) is 7.04. The molecule has 2 saturated heterocycles. The molecule has 3 unspecified atom stereocenters. The molecule has 102 valence electrons. The summed E-state index contributed by atoms with van der Waals surface area (Å²) in [6, 6.07) is 8.20. The maximum absolute atomic E-state index is 12.9. The van der Waals surface area contributed by atoms with E-state index in [1.807, 2.05) is 12.1 Å². The van der Waals surface area contributed by atoms with E-state index < -0.39 is 0 Å². The minimum atomic E-state index is -0.142. The second kappa shape index (κ2) is 4.57. The van der Waals surface area contributed by atoms with Gasteiger partial charge in [-0.05, 0) is 55.7 Å². The van der Waals surface area contributed by atoms with Gasteiger partial charge in [0.15, 0.2) is 0 Å². The predicted molar refractivity (Wildman–Crippen MR) is 71.6 cm³/mol.